The molecular weight excluding hydrogens is 330 g/mol. The van der Waals surface area contributed by atoms with E-state index < -0.39 is 0 Å². The molecule has 2 aromatic rings. The van der Waals surface area contributed by atoms with Crippen LogP contribution in [-0.4, -0.2) is 44.6 Å². The van der Waals surface area contributed by atoms with Crippen molar-refractivity contribution < 1.29 is 9.59 Å². The molecule has 7 nitrogen and oxygen atoms in total. The minimum atomic E-state index is -0.111. The van der Waals surface area contributed by atoms with Crippen LogP contribution in [0.5, 0.6) is 0 Å². The third-order valence-corrected chi connectivity index (χ3v) is 4.82. The van der Waals surface area contributed by atoms with Gasteiger partial charge in [-0.1, -0.05) is 0 Å². The monoisotopic (exact) mass is 355 g/mol. The number of nitrogens with one attached hydrogen (secondary N) is 1. The van der Waals surface area contributed by atoms with Crippen molar-refractivity contribution in [3.63, 3.8) is 0 Å². The molecule has 0 atom stereocenters. The highest BCUT2D eigenvalue weighted by Gasteiger charge is 2.24. The van der Waals surface area contributed by atoms with E-state index in [0.717, 1.165) is 38.8 Å². The third kappa shape index (κ3) is 4.68. The van der Waals surface area contributed by atoms with Crippen LogP contribution in [0.2, 0.25) is 0 Å². The fourth-order valence-corrected chi connectivity index (χ4v) is 3.39. The predicted molar refractivity (Wildman–Crippen MR) is 98.7 cm³/mol. The first-order valence-electron chi connectivity index (χ1n) is 9.01. The van der Waals surface area contributed by atoms with Gasteiger partial charge in [0.25, 0.3) is 5.91 Å². The van der Waals surface area contributed by atoms with Crippen molar-refractivity contribution in [2.75, 3.05) is 18.4 Å². The normalized spacial score (nSPS) is 15.1. The Labute approximate surface area is 153 Å². The average Bonchev–Trinajstić information content (AvgIpc) is 3.06. The zero-order chi connectivity index (χ0) is 18.5. The number of aryl methyl sites for hydroxylation is 2. The number of rotatable bonds is 5. The summed E-state index contributed by atoms with van der Waals surface area (Å²) in [6, 6.07) is 3.93. The molecule has 0 aromatic carbocycles. The summed E-state index contributed by atoms with van der Waals surface area (Å²) in [7, 11) is 1.82. The lowest BCUT2D eigenvalue weighted by Crippen LogP contribution is -2.38. The zero-order valence-electron chi connectivity index (χ0n) is 15.3. The maximum atomic E-state index is 12.5. The number of pyridine rings is 1. The van der Waals surface area contributed by atoms with E-state index in [-0.39, 0.29) is 11.8 Å². The van der Waals surface area contributed by atoms with E-state index in [9.17, 15) is 9.59 Å². The second kappa shape index (κ2) is 8.12. The van der Waals surface area contributed by atoms with Gasteiger partial charge in [-0.2, -0.15) is 5.10 Å². The van der Waals surface area contributed by atoms with Crippen molar-refractivity contribution >= 4 is 17.6 Å². The Morgan fingerprint density at radius 2 is 2.08 bits per heavy atom. The average molecular weight is 355 g/mol. The number of amides is 2. The topological polar surface area (TPSA) is 80.1 Å². The van der Waals surface area contributed by atoms with Gasteiger partial charge in [0.15, 0.2) is 0 Å². The highest BCUT2D eigenvalue weighted by molar-refractivity contribution is 5.93. The SMILES string of the molecule is CC(=O)Nc1cc(CCC2CCN(C(=O)c3cnn(C)c3)CC2)ccn1. The minimum absolute atomic E-state index is 0.0747. The zero-order valence-corrected chi connectivity index (χ0v) is 15.3. The predicted octanol–water partition coefficient (Wildman–Crippen LogP) is 2.26. The van der Waals surface area contributed by atoms with Crippen LogP contribution >= 0.6 is 0 Å². The molecule has 1 saturated heterocycles. The highest BCUT2D eigenvalue weighted by Crippen LogP contribution is 2.24. The standard InChI is InChI=1S/C19H25N5O2/c1-14(25)22-18-11-16(5-8-20-18)4-3-15-6-9-24(10-7-15)19(26)17-12-21-23(2)13-17/h5,8,11-13,15H,3-4,6-7,9-10H2,1-2H3,(H,20,22,25). The van der Waals surface area contributed by atoms with Gasteiger partial charge in [0.1, 0.15) is 5.82 Å². The van der Waals surface area contributed by atoms with Crippen molar-refractivity contribution in [1.29, 1.82) is 0 Å². The number of carbonyl (C=O) groups excluding carboxylic acids is 2. The van der Waals surface area contributed by atoms with Gasteiger partial charge in [0.2, 0.25) is 5.91 Å². The molecule has 1 aliphatic rings. The van der Waals surface area contributed by atoms with E-state index in [0.29, 0.717) is 17.3 Å². The van der Waals surface area contributed by atoms with Crippen molar-refractivity contribution in [2.24, 2.45) is 13.0 Å². The summed E-state index contributed by atoms with van der Waals surface area (Å²) in [6.07, 6.45) is 9.21. The first kappa shape index (κ1) is 18.1. The molecule has 138 valence electrons. The quantitative estimate of drug-likeness (QED) is 0.892. The third-order valence-electron chi connectivity index (χ3n) is 4.82. The van der Waals surface area contributed by atoms with E-state index in [2.05, 4.69) is 15.4 Å². The molecule has 1 aliphatic heterocycles. The summed E-state index contributed by atoms with van der Waals surface area (Å²) in [6.45, 7) is 3.08. The lowest BCUT2D eigenvalue weighted by molar-refractivity contribution is -0.114. The number of piperidine rings is 1. The van der Waals surface area contributed by atoms with Gasteiger partial charge in [-0.15, -0.1) is 0 Å². The molecule has 0 bridgehead atoms. The van der Waals surface area contributed by atoms with Crippen molar-refractivity contribution in [2.45, 2.75) is 32.6 Å². The Morgan fingerprint density at radius 3 is 2.73 bits per heavy atom. The first-order valence-corrected chi connectivity index (χ1v) is 9.01. The van der Waals surface area contributed by atoms with Gasteiger partial charge in [0, 0.05) is 39.5 Å². The van der Waals surface area contributed by atoms with Crippen LogP contribution in [0.4, 0.5) is 5.82 Å². The first-order chi connectivity index (χ1) is 12.5. The van der Waals surface area contributed by atoms with Crippen LogP contribution in [0.15, 0.2) is 30.7 Å². The van der Waals surface area contributed by atoms with Crippen LogP contribution in [0, 0.1) is 5.92 Å². The lowest BCUT2D eigenvalue weighted by atomic mass is 9.90. The van der Waals surface area contributed by atoms with Gasteiger partial charge in [-0.05, 0) is 49.3 Å². The molecule has 1 fully saturated rings. The van der Waals surface area contributed by atoms with Crippen LogP contribution in [0.25, 0.3) is 0 Å². The Hall–Kier alpha value is -2.70. The van der Waals surface area contributed by atoms with Crippen LogP contribution in [0.3, 0.4) is 0 Å². The summed E-state index contributed by atoms with van der Waals surface area (Å²) < 4.78 is 1.66. The maximum absolute atomic E-state index is 12.5. The number of hydrogen-bond donors (Lipinski definition) is 1. The molecule has 7 heteroatoms. The largest absolute Gasteiger partial charge is 0.339 e. The summed E-state index contributed by atoms with van der Waals surface area (Å²) >= 11 is 0. The summed E-state index contributed by atoms with van der Waals surface area (Å²) in [5.41, 5.74) is 1.84. The van der Waals surface area contributed by atoms with Gasteiger partial charge < -0.3 is 10.2 Å². The fraction of sp³-hybridized carbons (Fsp3) is 0.474. The molecule has 2 aromatic heterocycles. The maximum Gasteiger partial charge on any atom is 0.257 e. The van der Waals surface area contributed by atoms with Crippen molar-refractivity contribution in [3.8, 4) is 0 Å². The van der Waals surface area contributed by atoms with Crippen LogP contribution < -0.4 is 5.32 Å². The summed E-state index contributed by atoms with van der Waals surface area (Å²) in [5.74, 6) is 1.18. The Morgan fingerprint density at radius 1 is 1.31 bits per heavy atom. The molecule has 0 radical (unpaired) electrons. The second-order valence-electron chi connectivity index (χ2n) is 6.91. The van der Waals surface area contributed by atoms with Gasteiger partial charge in [-0.25, -0.2) is 4.98 Å². The molecule has 26 heavy (non-hydrogen) atoms. The summed E-state index contributed by atoms with van der Waals surface area (Å²) in [4.78, 5) is 29.7. The molecule has 3 heterocycles. The van der Waals surface area contributed by atoms with E-state index >= 15 is 0 Å². The Bertz CT molecular complexity index is 778. The van der Waals surface area contributed by atoms with Gasteiger partial charge in [0.05, 0.1) is 11.8 Å². The van der Waals surface area contributed by atoms with E-state index in [1.807, 2.05) is 24.1 Å². The molecule has 0 unspecified atom stereocenters. The molecule has 1 N–H and O–H groups in total. The number of aromatic nitrogens is 3. The van der Waals surface area contributed by atoms with Gasteiger partial charge in [-0.3, -0.25) is 14.3 Å². The van der Waals surface area contributed by atoms with E-state index in [4.69, 9.17) is 0 Å². The number of carbonyl (C=O) groups is 2. The molecule has 3 rings (SSSR count). The number of hydrogen-bond acceptors (Lipinski definition) is 4. The van der Waals surface area contributed by atoms with E-state index in [1.54, 1.807) is 23.3 Å². The number of anilines is 1. The van der Waals surface area contributed by atoms with Crippen LogP contribution in [-0.2, 0) is 18.3 Å². The Kier molecular flexibility index (Phi) is 5.65. The number of nitrogens with zero attached hydrogens (tertiary/aromatic N) is 4. The summed E-state index contributed by atoms with van der Waals surface area (Å²) in [5, 5.41) is 6.79. The smallest absolute Gasteiger partial charge is 0.257 e. The fourth-order valence-electron chi connectivity index (χ4n) is 3.39. The van der Waals surface area contributed by atoms with Crippen LogP contribution in [0.1, 0.15) is 42.1 Å². The molecule has 0 saturated carbocycles. The Balaban J connectivity index is 1.47. The van der Waals surface area contributed by atoms with Crippen molar-refractivity contribution in [3.05, 3.63) is 41.9 Å². The minimum Gasteiger partial charge on any atom is -0.339 e. The van der Waals surface area contributed by atoms with Crippen molar-refractivity contribution in [1.82, 2.24) is 19.7 Å². The lowest BCUT2D eigenvalue weighted by Gasteiger charge is -2.31. The molecule has 0 aliphatic carbocycles. The second-order valence-corrected chi connectivity index (χ2v) is 6.91. The molecule has 0 spiro atoms. The molecular formula is C19H25N5O2. The highest BCUT2D eigenvalue weighted by atomic mass is 16.2. The molecule has 2 amide bonds. The number of likely N-dealkylation sites (tertiary alicyclic amines) is 1. The van der Waals surface area contributed by atoms with E-state index in [1.165, 1.54) is 12.5 Å². The van der Waals surface area contributed by atoms with Gasteiger partial charge >= 0.3 is 0 Å².